The molecule has 18 heavy (non-hydrogen) atoms. The van der Waals surface area contributed by atoms with E-state index in [0.717, 1.165) is 0 Å². The second kappa shape index (κ2) is 4.90. The van der Waals surface area contributed by atoms with Crippen LogP contribution in [0.5, 0.6) is 0 Å². The van der Waals surface area contributed by atoms with Gasteiger partial charge in [0.2, 0.25) is 0 Å². The Kier molecular flexibility index (Phi) is 3.48. The molecule has 1 N–H and O–H groups in total. The molecule has 0 saturated carbocycles. The third-order valence-corrected chi connectivity index (χ3v) is 2.90. The van der Waals surface area contributed by atoms with Crippen molar-refractivity contribution >= 4 is 0 Å². The van der Waals surface area contributed by atoms with Gasteiger partial charge in [0.25, 0.3) is 0 Å². The molecule has 1 aromatic heterocycles. The average Bonchev–Trinajstić information content (AvgIpc) is 2.63. The Morgan fingerprint density at radius 2 is 1.83 bits per heavy atom. The van der Waals surface area contributed by atoms with Crippen LogP contribution < -0.4 is 0 Å². The summed E-state index contributed by atoms with van der Waals surface area (Å²) in [6.45, 7) is 3.47. The van der Waals surface area contributed by atoms with Crippen LogP contribution in [0.25, 0.3) is 0 Å². The van der Waals surface area contributed by atoms with Crippen molar-refractivity contribution in [2.45, 2.75) is 26.4 Å². The molecule has 1 unspecified atom stereocenters. The van der Waals surface area contributed by atoms with Gasteiger partial charge in [-0.05, 0) is 32.0 Å². The molecule has 96 valence electrons. The maximum atomic E-state index is 13.5. The van der Waals surface area contributed by atoms with Gasteiger partial charge in [0.15, 0.2) is 0 Å². The van der Waals surface area contributed by atoms with Crippen LogP contribution in [0.1, 0.15) is 28.8 Å². The first-order valence-electron chi connectivity index (χ1n) is 5.67. The van der Waals surface area contributed by atoms with Gasteiger partial charge in [-0.2, -0.15) is 0 Å². The van der Waals surface area contributed by atoms with Crippen molar-refractivity contribution in [1.82, 2.24) is 0 Å². The average molecular weight is 252 g/mol. The number of furan rings is 1. The monoisotopic (exact) mass is 252 g/mol. The number of benzene rings is 1. The number of aryl methyl sites for hydroxylation is 2. The lowest BCUT2D eigenvalue weighted by atomic mass is 10.0. The van der Waals surface area contributed by atoms with E-state index >= 15 is 0 Å². The lowest BCUT2D eigenvalue weighted by Gasteiger charge is -2.11. The normalized spacial score (nSPS) is 12.7. The third-order valence-electron chi connectivity index (χ3n) is 2.90. The summed E-state index contributed by atoms with van der Waals surface area (Å²) >= 11 is 0. The molecular formula is C14H14F2O2. The highest BCUT2D eigenvalue weighted by Gasteiger charge is 2.18. The number of aliphatic hydroxyl groups is 1. The second-order valence-corrected chi connectivity index (χ2v) is 4.29. The van der Waals surface area contributed by atoms with E-state index in [-0.39, 0.29) is 12.0 Å². The van der Waals surface area contributed by atoms with Crippen LogP contribution in [0.15, 0.2) is 28.7 Å². The van der Waals surface area contributed by atoms with Gasteiger partial charge in [-0.1, -0.05) is 6.07 Å². The lowest BCUT2D eigenvalue weighted by molar-refractivity contribution is 0.173. The van der Waals surface area contributed by atoms with Crippen molar-refractivity contribution < 1.29 is 18.3 Å². The first-order chi connectivity index (χ1) is 8.49. The van der Waals surface area contributed by atoms with Crippen molar-refractivity contribution in [3.05, 3.63) is 58.5 Å². The molecule has 4 heteroatoms. The minimum atomic E-state index is -0.978. The van der Waals surface area contributed by atoms with Crippen LogP contribution >= 0.6 is 0 Å². The molecule has 1 aromatic carbocycles. The largest absolute Gasteiger partial charge is 0.466 e. The predicted molar refractivity (Wildman–Crippen MR) is 63.2 cm³/mol. The highest BCUT2D eigenvalue weighted by Crippen LogP contribution is 2.26. The van der Waals surface area contributed by atoms with Gasteiger partial charge < -0.3 is 9.52 Å². The van der Waals surface area contributed by atoms with E-state index in [2.05, 4.69) is 0 Å². The Balaban J connectivity index is 2.26. The Labute approximate surface area is 104 Å². The molecular weight excluding hydrogens is 238 g/mol. The number of rotatable bonds is 3. The molecule has 0 amide bonds. The van der Waals surface area contributed by atoms with Crippen molar-refractivity contribution in [1.29, 1.82) is 0 Å². The van der Waals surface area contributed by atoms with Crippen LogP contribution in [0.2, 0.25) is 0 Å². The van der Waals surface area contributed by atoms with Crippen LogP contribution in [0.4, 0.5) is 8.78 Å². The van der Waals surface area contributed by atoms with Gasteiger partial charge in [0, 0.05) is 17.5 Å². The first-order valence-corrected chi connectivity index (χ1v) is 5.67. The van der Waals surface area contributed by atoms with E-state index in [4.69, 9.17) is 4.42 Å². The van der Waals surface area contributed by atoms with E-state index in [9.17, 15) is 13.9 Å². The van der Waals surface area contributed by atoms with Gasteiger partial charge in [0.05, 0.1) is 6.10 Å². The highest BCUT2D eigenvalue weighted by molar-refractivity contribution is 5.27. The zero-order valence-corrected chi connectivity index (χ0v) is 10.2. The Morgan fingerprint density at radius 3 is 2.33 bits per heavy atom. The van der Waals surface area contributed by atoms with Gasteiger partial charge in [-0.15, -0.1) is 0 Å². The maximum absolute atomic E-state index is 13.5. The van der Waals surface area contributed by atoms with Gasteiger partial charge in [0.1, 0.15) is 23.2 Å². The molecule has 1 heterocycles. The summed E-state index contributed by atoms with van der Waals surface area (Å²) in [5, 5.41) is 10.0. The number of hydrogen-bond acceptors (Lipinski definition) is 2. The van der Waals surface area contributed by atoms with Crippen LogP contribution in [-0.4, -0.2) is 5.11 Å². The number of hydrogen-bond donors (Lipinski definition) is 1. The van der Waals surface area contributed by atoms with E-state index in [1.54, 1.807) is 19.9 Å². The number of halogens is 2. The summed E-state index contributed by atoms with van der Waals surface area (Å²) in [5.74, 6) is -0.0638. The van der Waals surface area contributed by atoms with Crippen LogP contribution in [0, 0.1) is 25.5 Å². The zero-order chi connectivity index (χ0) is 13.3. The Morgan fingerprint density at radius 1 is 1.22 bits per heavy atom. The molecule has 0 saturated heterocycles. The molecule has 2 rings (SSSR count). The Hall–Kier alpha value is -1.68. The smallest absolute Gasteiger partial charge is 0.129 e. The molecule has 0 spiro atoms. The minimum absolute atomic E-state index is 0.108. The van der Waals surface area contributed by atoms with Crippen molar-refractivity contribution in [2.24, 2.45) is 0 Å². The van der Waals surface area contributed by atoms with E-state index in [1.807, 2.05) is 0 Å². The Bertz CT molecular complexity index is 541. The van der Waals surface area contributed by atoms with Gasteiger partial charge in [-0.25, -0.2) is 8.78 Å². The number of aliphatic hydroxyl groups excluding tert-OH is 1. The fraction of sp³-hybridized carbons (Fsp3) is 0.286. The SMILES string of the molecule is Cc1cc(C(O)Cc2c(F)cccc2F)c(C)o1. The highest BCUT2D eigenvalue weighted by atomic mass is 19.1. The summed E-state index contributed by atoms with van der Waals surface area (Å²) in [6.07, 6.45) is -1.09. The molecule has 2 nitrogen and oxygen atoms in total. The summed E-state index contributed by atoms with van der Waals surface area (Å²) in [7, 11) is 0. The molecule has 0 bridgehead atoms. The third kappa shape index (κ3) is 2.43. The van der Waals surface area contributed by atoms with Crippen molar-refractivity contribution in [3.8, 4) is 0 Å². The van der Waals surface area contributed by atoms with Crippen molar-refractivity contribution in [2.75, 3.05) is 0 Å². The molecule has 0 radical (unpaired) electrons. The quantitative estimate of drug-likeness (QED) is 0.907. The molecule has 0 fully saturated rings. The van der Waals surface area contributed by atoms with E-state index in [1.165, 1.54) is 18.2 Å². The fourth-order valence-electron chi connectivity index (χ4n) is 2.01. The summed E-state index contributed by atoms with van der Waals surface area (Å²) < 4.78 is 32.2. The predicted octanol–water partition coefficient (Wildman–Crippen LogP) is 3.45. The fourth-order valence-corrected chi connectivity index (χ4v) is 2.01. The van der Waals surface area contributed by atoms with Gasteiger partial charge >= 0.3 is 0 Å². The van der Waals surface area contributed by atoms with Crippen molar-refractivity contribution in [3.63, 3.8) is 0 Å². The second-order valence-electron chi connectivity index (χ2n) is 4.29. The van der Waals surface area contributed by atoms with Crippen LogP contribution in [-0.2, 0) is 6.42 Å². The minimum Gasteiger partial charge on any atom is -0.466 e. The van der Waals surface area contributed by atoms with Gasteiger partial charge in [-0.3, -0.25) is 0 Å². The molecule has 2 aromatic rings. The molecule has 0 aliphatic heterocycles. The zero-order valence-electron chi connectivity index (χ0n) is 10.2. The van der Waals surface area contributed by atoms with Crippen LogP contribution in [0.3, 0.4) is 0 Å². The summed E-state index contributed by atoms with van der Waals surface area (Å²) in [6, 6.07) is 5.34. The standard InChI is InChI=1S/C14H14F2O2/c1-8-6-10(9(2)18-8)14(17)7-11-12(15)4-3-5-13(11)16/h3-6,14,17H,7H2,1-2H3. The van der Waals surface area contributed by atoms with E-state index in [0.29, 0.717) is 17.1 Å². The maximum Gasteiger partial charge on any atom is 0.129 e. The first kappa shape index (κ1) is 12.8. The molecule has 1 atom stereocenters. The lowest BCUT2D eigenvalue weighted by Crippen LogP contribution is -2.06. The molecule has 0 aliphatic rings. The summed E-state index contributed by atoms with van der Waals surface area (Å²) in [4.78, 5) is 0. The topological polar surface area (TPSA) is 33.4 Å². The van der Waals surface area contributed by atoms with E-state index < -0.39 is 17.7 Å². The molecule has 0 aliphatic carbocycles. The summed E-state index contributed by atoms with van der Waals surface area (Å²) in [5.41, 5.74) is 0.457.